The Morgan fingerprint density at radius 1 is 1.09 bits per heavy atom. The first-order valence-electron chi connectivity index (χ1n) is 9.58. The molecule has 2 aromatic carbocycles. The Labute approximate surface area is 182 Å². The van der Waals surface area contributed by atoms with E-state index < -0.39 is 16.4 Å². The lowest BCUT2D eigenvalue weighted by Gasteiger charge is -2.14. The van der Waals surface area contributed by atoms with Crippen LogP contribution >= 0.6 is 0 Å². The van der Waals surface area contributed by atoms with Crippen LogP contribution in [0.4, 0.5) is 8.78 Å². The number of sulfone groups is 1. The van der Waals surface area contributed by atoms with Crippen molar-refractivity contribution in [1.82, 2.24) is 14.5 Å². The second-order valence-corrected chi connectivity index (χ2v) is 9.46. The number of hydrogen-bond donors (Lipinski definition) is 1. The van der Waals surface area contributed by atoms with Crippen molar-refractivity contribution in [3.05, 3.63) is 82.5 Å². The number of nitrogens with zero attached hydrogens (tertiary/aromatic N) is 2. The van der Waals surface area contributed by atoms with Gasteiger partial charge < -0.3 is 14.3 Å². The molecule has 0 unspecified atom stereocenters. The van der Waals surface area contributed by atoms with Crippen LogP contribution < -0.4 is 10.3 Å². The minimum atomic E-state index is -3.41. The molecule has 2 heterocycles. The number of benzene rings is 2. The zero-order valence-corrected chi connectivity index (χ0v) is 17.8. The van der Waals surface area contributed by atoms with Gasteiger partial charge in [-0.2, -0.15) is 8.78 Å². The summed E-state index contributed by atoms with van der Waals surface area (Å²) in [4.78, 5) is 18.5. The molecule has 0 radical (unpaired) electrons. The van der Waals surface area contributed by atoms with Gasteiger partial charge in [0.2, 0.25) is 5.56 Å². The average Bonchev–Trinajstić information content (AvgIpc) is 3.04. The van der Waals surface area contributed by atoms with Crippen LogP contribution in [0.5, 0.6) is 5.75 Å². The number of nitrogens with one attached hydrogen (secondary N) is 1. The monoisotopic (exact) mass is 459 g/mol. The summed E-state index contributed by atoms with van der Waals surface area (Å²) >= 11 is 0. The van der Waals surface area contributed by atoms with Crippen LogP contribution in [-0.4, -0.2) is 35.8 Å². The van der Waals surface area contributed by atoms with E-state index in [1.807, 2.05) is 12.1 Å². The van der Waals surface area contributed by atoms with Gasteiger partial charge in [-0.15, -0.1) is 0 Å². The second-order valence-electron chi connectivity index (χ2n) is 7.32. The maximum Gasteiger partial charge on any atom is 0.387 e. The third-order valence-electron chi connectivity index (χ3n) is 4.85. The van der Waals surface area contributed by atoms with Crippen LogP contribution in [-0.2, 0) is 22.1 Å². The Morgan fingerprint density at radius 3 is 2.53 bits per heavy atom. The molecule has 4 rings (SSSR count). The van der Waals surface area contributed by atoms with E-state index in [-0.39, 0.29) is 29.4 Å². The Hall–Kier alpha value is -3.53. The fraction of sp³-hybridized carbons (Fsp3) is 0.182. The maximum absolute atomic E-state index is 12.9. The molecule has 4 aromatic rings. The SMILES string of the molecule is CS(=O)(=O)Cc1nc2ccc(-c3ccc(=O)[nH]c3)cc2n1Cc1ccccc1OC(F)F. The van der Waals surface area contributed by atoms with Gasteiger partial charge in [0.25, 0.3) is 0 Å². The zero-order valence-electron chi connectivity index (χ0n) is 17.0. The lowest BCUT2D eigenvalue weighted by atomic mass is 10.1. The molecule has 0 spiro atoms. The van der Waals surface area contributed by atoms with E-state index in [2.05, 4.69) is 14.7 Å². The number of halogens is 2. The van der Waals surface area contributed by atoms with Gasteiger partial charge in [0.15, 0.2) is 9.84 Å². The number of hydrogen-bond acceptors (Lipinski definition) is 5. The molecule has 0 atom stereocenters. The first-order chi connectivity index (χ1) is 15.2. The molecule has 2 aromatic heterocycles. The number of pyridine rings is 1. The van der Waals surface area contributed by atoms with E-state index in [1.54, 1.807) is 41.1 Å². The van der Waals surface area contributed by atoms with E-state index in [4.69, 9.17) is 0 Å². The molecule has 0 aliphatic rings. The number of H-pyrrole nitrogens is 1. The molecule has 7 nitrogen and oxygen atoms in total. The number of imidazole rings is 1. The van der Waals surface area contributed by atoms with Crippen LogP contribution in [0.1, 0.15) is 11.4 Å². The average molecular weight is 459 g/mol. The van der Waals surface area contributed by atoms with Gasteiger partial charge >= 0.3 is 6.61 Å². The van der Waals surface area contributed by atoms with E-state index >= 15 is 0 Å². The lowest BCUT2D eigenvalue weighted by Crippen LogP contribution is -2.12. The van der Waals surface area contributed by atoms with Crippen molar-refractivity contribution in [2.75, 3.05) is 6.26 Å². The Balaban J connectivity index is 1.86. The number of ether oxygens (including phenoxy) is 1. The third-order valence-corrected chi connectivity index (χ3v) is 5.64. The predicted octanol–water partition coefficient (Wildman–Crippen LogP) is 3.59. The predicted molar refractivity (Wildman–Crippen MR) is 117 cm³/mol. The molecule has 1 N–H and O–H groups in total. The molecular formula is C22H19F2N3O4S. The van der Waals surface area contributed by atoms with Gasteiger partial charge in [0, 0.05) is 24.1 Å². The van der Waals surface area contributed by atoms with Crippen LogP contribution in [0.3, 0.4) is 0 Å². The highest BCUT2D eigenvalue weighted by atomic mass is 32.2. The zero-order chi connectivity index (χ0) is 22.9. The van der Waals surface area contributed by atoms with E-state index in [1.165, 1.54) is 12.1 Å². The number of para-hydroxylation sites is 1. The number of alkyl halides is 2. The molecule has 0 aliphatic heterocycles. The van der Waals surface area contributed by atoms with Gasteiger partial charge in [0.05, 0.1) is 17.6 Å². The first-order valence-corrected chi connectivity index (χ1v) is 11.6. The Morgan fingerprint density at radius 2 is 1.84 bits per heavy atom. The quantitative estimate of drug-likeness (QED) is 0.456. The van der Waals surface area contributed by atoms with Gasteiger partial charge in [-0.3, -0.25) is 4.79 Å². The minimum absolute atomic E-state index is 0.00597. The van der Waals surface area contributed by atoms with Crippen LogP contribution in [0.25, 0.3) is 22.2 Å². The Kier molecular flexibility index (Phi) is 5.79. The minimum Gasteiger partial charge on any atom is -0.434 e. The summed E-state index contributed by atoms with van der Waals surface area (Å²) < 4.78 is 56.0. The molecule has 166 valence electrons. The highest BCUT2D eigenvalue weighted by Gasteiger charge is 2.18. The van der Waals surface area contributed by atoms with Crippen LogP contribution in [0.2, 0.25) is 0 Å². The normalized spacial score (nSPS) is 11.9. The number of fused-ring (bicyclic) bond motifs is 1. The summed E-state index contributed by atoms with van der Waals surface area (Å²) in [6, 6.07) is 14.8. The lowest BCUT2D eigenvalue weighted by molar-refractivity contribution is -0.0504. The molecule has 0 saturated heterocycles. The summed E-state index contributed by atoms with van der Waals surface area (Å²) in [6.07, 6.45) is 2.68. The van der Waals surface area contributed by atoms with Crippen molar-refractivity contribution in [1.29, 1.82) is 0 Å². The molecular weight excluding hydrogens is 440 g/mol. The van der Waals surface area contributed by atoms with Crippen molar-refractivity contribution in [3.63, 3.8) is 0 Å². The smallest absolute Gasteiger partial charge is 0.387 e. The van der Waals surface area contributed by atoms with Crippen LogP contribution in [0, 0.1) is 0 Å². The third kappa shape index (κ3) is 4.86. The van der Waals surface area contributed by atoms with Gasteiger partial charge in [-0.1, -0.05) is 24.3 Å². The first kappa shape index (κ1) is 21.7. The highest BCUT2D eigenvalue weighted by Crippen LogP contribution is 2.28. The van der Waals surface area contributed by atoms with Crippen molar-refractivity contribution in [2.45, 2.75) is 18.9 Å². The molecule has 0 fully saturated rings. The number of aromatic amines is 1. The van der Waals surface area contributed by atoms with Crippen molar-refractivity contribution < 1.29 is 21.9 Å². The van der Waals surface area contributed by atoms with Crippen molar-refractivity contribution >= 4 is 20.9 Å². The fourth-order valence-corrected chi connectivity index (χ4v) is 4.17. The maximum atomic E-state index is 12.9. The van der Waals surface area contributed by atoms with E-state index in [9.17, 15) is 22.0 Å². The second kappa shape index (κ2) is 8.54. The summed E-state index contributed by atoms with van der Waals surface area (Å²) in [5.74, 6) is -0.0208. The standard InChI is InChI=1S/C22H19F2N3O4S/c1-32(29,30)13-20-26-17-8-6-14(15-7-9-21(28)25-11-15)10-18(17)27(20)12-16-4-2-3-5-19(16)31-22(23)24/h2-11,22H,12-13H2,1H3,(H,25,28). The Bertz CT molecular complexity index is 1420. The van der Waals surface area contributed by atoms with Crippen molar-refractivity contribution in [3.8, 4) is 16.9 Å². The molecule has 0 aliphatic carbocycles. The molecule has 10 heteroatoms. The largest absolute Gasteiger partial charge is 0.434 e. The molecule has 0 bridgehead atoms. The fourth-order valence-electron chi connectivity index (χ4n) is 3.48. The number of rotatable bonds is 7. The summed E-state index contributed by atoms with van der Waals surface area (Å²) in [7, 11) is -3.41. The summed E-state index contributed by atoms with van der Waals surface area (Å²) in [6.45, 7) is -2.91. The topological polar surface area (TPSA) is 94.0 Å². The molecule has 0 amide bonds. The van der Waals surface area contributed by atoms with Crippen molar-refractivity contribution in [2.24, 2.45) is 0 Å². The van der Waals surface area contributed by atoms with E-state index in [0.29, 0.717) is 16.6 Å². The van der Waals surface area contributed by atoms with Gasteiger partial charge in [-0.25, -0.2) is 13.4 Å². The molecule has 32 heavy (non-hydrogen) atoms. The highest BCUT2D eigenvalue weighted by molar-refractivity contribution is 7.89. The number of aromatic nitrogens is 3. The van der Waals surface area contributed by atoms with Gasteiger partial charge in [-0.05, 0) is 35.4 Å². The summed E-state index contributed by atoms with van der Waals surface area (Å²) in [5, 5.41) is 0. The van der Waals surface area contributed by atoms with E-state index in [0.717, 1.165) is 17.4 Å². The van der Waals surface area contributed by atoms with Gasteiger partial charge in [0.1, 0.15) is 17.3 Å². The van der Waals surface area contributed by atoms with Crippen LogP contribution in [0.15, 0.2) is 65.6 Å². The molecule has 0 saturated carbocycles. The summed E-state index contributed by atoms with van der Waals surface area (Å²) in [5.41, 5.74) is 2.94.